The number of nitrogens with one attached hydrogen (secondary N) is 2. The van der Waals surface area contributed by atoms with Gasteiger partial charge in [0.2, 0.25) is 0 Å². The van der Waals surface area contributed by atoms with Crippen molar-refractivity contribution in [2.75, 3.05) is 5.32 Å². The number of thiophene rings is 1. The van der Waals surface area contributed by atoms with E-state index in [1.807, 2.05) is 43.5 Å². The average Bonchev–Trinajstić information content (AvgIpc) is 2.94. The number of anilines is 1. The van der Waals surface area contributed by atoms with Crippen LogP contribution in [0, 0.1) is 13.8 Å². The average molecular weight is 288 g/mol. The van der Waals surface area contributed by atoms with E-state index in [-0.39, 0.29) is 0 Å². The third-order valence-electron chi connectivity index (χ3n) is 3.06. The van der Waals surface area contributed by atoms with Crippen LogP contribution in [0.4, 0.5) is 5.69 Å². The van der Waals surface area contributed by atoms with Crippen molar-refractivity contribution in [3.63, 3.8) is 0 Å². The largest absolute Gasteiger partial charge is 0.343 e. The maximum Gasteiger partial charge on any atom is 0.313 e. The molecule has 1 aromatic heterocycles. The van der Waals surface area contributed by atoms with Crippen molar-refractivity contribution in [1.29, 1.82) is 0 Å². The molecule has 0 radical (unpaired) electrons. The van der Waals surface area contributed by atoms with Crippen LogP contribution < -0.4 is 10.6 Å². The minimum Gasteiger partial charge on any atom is -0.343 e. The Hall–Kier alpha value is -2.14. The van der Waals surface area contributed by atoms with Crippen molar-refractivity contribution in [3.8, 4) is 0 Å². The van der Waals surface area contributed by atoms with Gasteiger partial charge in [0.1, 0.15) is 0 Å². The predicted molar refractivity (Wildman–Crippen MR) is 80.7 cm³/mol. The van der Waals surface area contributed by atoms with Gasteiger partial charge >= 0.3 is 11.8 Å². The zero-order valence-corrected chi connectivity index (χ0v) is 12.2. The minimum atomic E-state index is -0.643. The van der Waals surface area contributed by atoms with Crippen LogP contribution in [-0.2, 0) is 16.1 Å². The Morgan fingerprint density at radius 1 is 1.10 bits per heavy atom. The fraction of sp³-hybridized carbons (Fsp3) is 0.200. The molecule has 0 bridgehead atoms. The van der Waals surface area contributed by atoms with Crippen molar-refractivity contribution in [2.24, 2.45) is 0 Å². The molecule has 0 fully saturated rings. The number of benzene rings is 1. The lowest BCUT2D eigenvalue weighted by Crippen LogP contribution is -2.34. The molecule has 2 amide bonds. The molecule has 0 aliphatic heterocycles. The number of rotatable bonds is 3. The Balaban J connectivity index is 1.94. The Morgan fingerprint density at radius 2 is 1.90 bits per heavy atom. The molecular formula is C15H16N2O2S. The number of carbonyl (C=O) groups excluding carboxylic acids is 2. The van der Waals surface area contributed by atoms with Gasteiger partial charge in [-0.25, -0.2) is 0 Å². The highest BCUT2D eigenvalue weighted by molar-refractivity contribution is 7.09. The summed E-state index contributed by atoms with van der Waals surface area (Å²) >= 11 is 1.54. The highest BCUT2D eigenvalue weighted by atomic mass is 32.1. The number of carbonyl (C=O) groups is 2. The van der Waals surface area contributed by atoms with Crippen LogP contribution in [0.15, 0.2) is 35.7 Å². The van der Waals surface area contributed by atoms with Crippen molar-refractivity contribution in [1.82, 2.24) is 5.32 Å². The van der Waals surface area contributed by atoms with E-state index >= 15 is 0 Å². The van der Waals surface area contributed by atoms with E-state index < -0.39 is 11.8 Å². The second-order valence-electron chi connectivity index (χ2n) is 4.46. The molecular weight excluding hydrogens is 272 g/mol. The van der Waals surface area contributed by atoms with Crippen LogP contribution in [0.5, 0.6) is 0 Å². The summed E-state index contributed by atoms with van der Waals surface area (Å²) in [6, 6.07) is 9.41. The molecule has 2 aromatic rings. The standard InChI is InChI=1S/C15H16N2O2S/c1-10-5-3-7-13(11(10)2)17-15(19)14(18)16-9-12-6-4-8-20-12/h3-8H,9H2,1-2H3,(H,16,18)(H,17,19). The lowest BCUT2D eigenvalue weighted by molar-refractivity contribution is -0.136. The topological polar surface area (TPSA) is 58.2 Å². The van der Waals surface area contributed by atoms with E-state index in [0.717, 1.165) is 16.0 Å². The van der Waals surface area contributed by atoms with Gasteiger partial charge in [-0.2, -0.15) is 0 Å². The monoisotopic (exact) mass is 288 g/mol. The zero-order valence-electron chi connectivity index (χ0n) is 11.4. The first-order chi connectivity index (χ1) is 9.58. The van der Waals surface area contributed by atoms with Gasteiger partial charge in [-0.3, -0.25) is 9.59 Å². The van der Waals surface area contributed by atoms with Gasteiger partial charge in [0.15, 0.2) is 0 Å². The minimum absolute atomic E-state index is 0.372. The maximum atomic E-state index is 11.8. The van der Waals surface area contributed by atoms with E-state index in [1.54, 1.807) is 6.07 Å². The van der Waals surface area contributed by atoms with E-state index in [1.165, 1.54) is 11.3 Å². The Labute approximate surface area is 121 Å². The molecule has 5 heteroatoms. The molecule has 1 heterocycles. The third-order valence-corrected chi connectivity index (χ3v) is 3.94. The summed E-state index contributed by atoms with van der Waals surface area (Å²) in [6.45, 7) is 4.24. The number of hydrogen-bond donors (Lipinski definition) is 2. The zero-order chi connectivity index (χ0) is 14.5. The molecule has 0 unspecified atom stereocenters. The van der Waals surface area contributed by atoms with Crippen LogP contribution >= 0.6 is 11.3 Å². The summed E-state index contributed by atoms with van der Waals surface area (Å²) < 4.78 is 0. The van der Waals surface area contributed by atoms with Crippen molar-refractivity contribution >= 4 is 28.8 Å². The normalized spacial score (nSPS) is 10.1. The number of hydrogen-bond acceptors (Lipinski definition) is 3. The molecule has 2 N–H and O–H groups in total. The van der Waals surface area contributed by atoms with Gasteiger partial charge in [-0.15, -0.1) is 11.3 Å². The van der Waals surface area contributed by atoms with Gasteiger partial charge in [-0.1, -0.05) is 18.2 Å². The fourth-order valence-electron chi connectivity index (χ4n) is 1.73. The quantitative estimate of drug-likeness (QED) is 0.853. The SMILES string of the molecule is Cc1cccc(NC(=O)C(=O)NCc2cccs2)c1C. The summed E-state index contributed by atoms with van der Waals surface area (Å²) in [6.07, 6.45) is 0. The smallest absolute Gasteiger partial charge is 0.313 e. The highest BCUT2D eigenvalue weighted by Gasteiger charge is 2.14. The first-order valence-corrected chi connectivity index (χ1v) is 7.13. The lowest BCUT2D eigenvalue weighted by Gasteiger charge is -2.10. The Bertz CT molecular complexity index is 621. The summed E-state index contributed by atoms with van der Waals surface area (Å²) in [7, 11) is 0. The second-order valence-corrected chi connectivity index (χ2v) is 5.50. The molecule has 0 atom stereocenters. The summed E-state index contributed by atoms with van der Waals surface area (Å²) in [5.74, 6) is -1.27. The molecule has 0 aliphatic rings. The van der Waals surface area contributed by atoms with Crippen molar-refractivity contribution in [2.45, 2.75) is 20.4 Å². The van der Waals surface area contributed by atoms with E-state index in [2.05, 4.69) is 10.6 Å². The summed E-state index contributed by atoms with van der Waals surface area (Å²) in [4.78, 5) is 24.5. The summed E-state index contributed by atoms with van der Waals surface area (Å²) in [5, 5.41) is 7.16. The van der Waals surface area contributed by atoms with Crippen LogP contribution in [0.2, 0.25) is 0 Å². The molecule has 4 nitrogen and oxygen atoms in total. The van der Waals surface area contributed by atoms with Gasteiger partial charge in [-0.05, 0) is 42.5 Å². The van der Waals surface area contributed by atoms with Crippen LogP contribution in [-0.4, -0.2) is 11.8 Å². The van der Waals surface area contributed by atoms with E-state index in [0.29, 0.717) is 12.2 Å². The molecule has 20 heavy (non-hydrogen) atoms. The third kappa shape index (κ3) is 3.45. The first-order valence-electron chi connectivity index (χ1n) is 6.25. The van der Waals surface area contributed by atoms with E-state index in [4.69, 9.17) is 0 Å². The van der Waals surface area contributed by atoms with Crippen LogP contribution in [0.25, 0.3) is 0 Å². The van der Waals surface area contributed by atoms with Gasteiger partial charge in [0, 0.05) is 10.6 Å². The molecule has 0 spiro atoms. The molecule has 0 saturated heterocycles. The first kappa shape index (κ1) is 14.3. The molecule has 0 aliphatic carbocycles. The second kappa shape index (κ2) is 6.34. The van der Waals surface area contributed by atoms with Gasteiger partial charge < -0.3 is 10.6 Å². The highest BCUT2D eigenvalue weighted by Crippen LogP contribution is 2.17. The maximum absolute atomic E-state index is 11.8. The van der Waals surface area contributed by atoms with Gasteiger partial charge in [0.05, 0.1) is 6.54 Å². The molecule has 0 saturated carbocycles. The lowest BCUT2D eigenvalue weighted by atomic mass is 10.1. The Morgan fingerprint density at radius 3 is 2.60 bits per heavy atom. The van der Waals surface area contributed by atoms with Crippen LogP contribution in [0.1, 0.15) is 16.0 Å². The summed E-state index contributed by atoms with van der Waals surface area (Å²) in [5.41, 5.74) is 2.70. The van der Waals surface area contributed by atoms with Crippen molar-refractivity contribution < 1.29 is 9.59 Å². The Kier molecular flexibility index (Phi) is 4.53. The molecule has 1 aromatic carbocycles. The number of amides is 2. The molecule has 104 valence electrons. The fourth-order valence-corrected chi connectivity index (χ4v) is 2.37. The van der Waals surface area contributed by atoms with Crippen molar-refractivity contribution in [3.05, 3.63) is 51.7 Å². The van der Waals surface area contributed by atoms with E-state index in [9.17, 15) is 9.59 Å². The van der Waals surface area contributed by atoms with Gasteiger partial charge in [0.25, 0.3) is 0 Å². The van der Waals surface area contributed by atoms with Crippen LogP contribution in [0.3, 0.4) is 0 Å². The molecule has 2 rings (SSSR count). The number of aryl methyl sites for hydroxylation is 1. The predicted octanol–water partition coefficient (Wildman–Crippen LogP) is 2.62.